The lowest BCUT2D eigenvalue weighted by molar-refractivity contribution is -0.134. The average Bonchev–Trinajstić information content (AvgIpc) is 3.01. The van der Waals surface area contributed by atoms with Crippen molar-refractivity contribution < 1.29 is 4.79 Å². The monoisotopic (exact) mass is 384 g/mol. The zero-order chi connectivity index (χ0) is 20.0. The minimum Gasteiger partial charge on any atom is -0.340 e. The third-order valence-electron chi connectivity index (χ3n) is 5.94. The number of nitrogens with two attached hydrogens (primary N) is 1. The van der Waals surface area contributed by atoms with Gasteiger partial charge in [-0.25, -0.2) is 9.67 Å². The average molecular weight is 384 g/mol. The number of nitrogens with zero attached hydrogens (tertiary/aromatic N) is 5. The minimum absolute atomic E-state index is 0.0311. The molecule has 4 heterocycles. The molecule has 1 saturated heterocycles. The van der Waals surface area contributed by atoms with Gasteiger partial charge >= 0.3 is 0 Å². The van der Waals surface area contributed by atoms with Gasteiger partial charge in [-0.3, -0.25) is 9.59 Å². The van der Waals surface area contributed by atoms with Crippen molar-refractivity contribution in [2.24, 2.45) is 17.6 Å². The van der Waals surface area contributed by atoms with E-state index in [2.05, 4.69) is 10.1 Å². The molecule has 0 radical (unpaired) electrons. The predicted octanol–water partition coefficient (Wildman–Crippen LogP) is 1.05. The Morgan fingerprint density at radius 1 is 1.29 bits per heavy atom. The summed E-state index contributed by atoms with van der Waals surface area (Å²) in [6.45, 7) is 8.03. The lowest BCUT2D eigenvalue weighted by Gasteiger charge is -2.42. The summed E-state index contributed by atoms with van der Waals surface area (Å²) in [4.78, 5) is 31.6. The highest BCUT2D eigenvalue weighted by atomic mass is 16.2. The van der Waals surface area contributed by atoms with Gasteiger partial charge in [0.15, 0.2) is 0 Å². The van der Waals surface area contributed by atoms with Gasteiger partial charge in [0.25, 0.3) is 5.56 Å². The molecular weight excluding hydrogens is 356 g/mol. The van der Waals surface area contributed by atoms with Crippen LogP contribution in [0.4, 0.5) is 0 Å². The van der Waals surface area contributed by atoms with Crippen molar-refractivity contribution in [3.05, 3.63) is 45.9 Å². The van der Waals surface area contributed by atoms with Crippen molar-refractivity contribution in [1.82, 2.24) is 24.2 Å². The molecule has 0 aromatic carbocycles. The molecule has 4 rings (SSSR count). The lowest BCUT2D eigenvalue weighted by atomic mass is 9.83. The van der Waals surface area contributed by atoms with Crippen molar-refractivity contribution >= 4 is 5.91 Å². The van der Waals surface area contributed by atoms with Gasteiger partial charge in [0.05, 0.1) is 6.04 Å². The van der Waals surface area contributed by atoms with Crippen LogP contribution in [0.3, 0.4) is 0 Å². The van der Waals surface area contributed by atoms with E-state index in [-0.39, 0.29) is 35.9 Å². The number of carbonyl (C=O) groups is 1. The van der Waals surface area contributed by atoms with E-state index >= 15 is 0 Å². The molecule has 3 atom stereocenters. The second-order valence-electron chi connectivity index (χ2n) is 8.44. The molecule has 2 aliphatic heterocycles. The summed E-state index contributed by atoms with van der Waals surface area (Å²) in [6.07, 6.45) is 1.03. The Hall–Kier alpha value is -2.48. The zero-order valence-corrected chi connectivity index (χ0v) is 16.7. The molecule has 28 heavy (non-hydrogen) atoms. The molecule has 1 fully saturated rings. The van der Waals surface area contributed by atoms with Gasteiger partial charge in [-0.15, -0.1) is 0 Å². The normalized spacial score (nSPS) is 22.2. The first-order valence-corrected chi connectivity index (χ1v) is 9.98. The fourth-order valence-electron chi connectivity index (χ4n) is 4.46. The van der Waals surface area contributed by atoms with Crippen LogP contribution in [-0.2, 0) is 17.9 Å². The van der Waals surface area contributed by atoms with Crippen LogP contribution < -0.4 is 11.3 Å². The van der Waals surface area contributed by atoms with Crippen molar-refractivity contribution in [1.29, 1.82) is 0 Å². The van der Waals surface area contributed by atoms with Crippen LogP contribution >= 0.6 is 0 Å². The van der Waals surface area contributed by atoms with E-state index in [4.69, 9.17) is 5.73 Å². The summed E-state index contributed by atoms with van der Waals surface area (Å²) in [7, 11) is 0. The summed E-state index contributed by atoms with van der Waals surface area (Å²) in [6, 6.07) is 5.18. The smallest absolute Gasteiger partial charge is 0.250 e. The molecule has 0 spiro atoms. The number of aromatic nitrogens is 4. The molecule has 2 aliphatic rings. The van der Waals surface area contributed by atoms with Gasteiger partial charge in [0.1, 0.15) is 18.2 Å². The number of hydrogen-bond donors (Lipinski definition) is 1. The number of aryl methyl sites for hydroxylation is 1. The molecule has 2 bridgehead atoms. The van der Waals surface area contributed by atoms with Crippen molar-refractivity contribution in [2.45, 2.75) is 52.2 Å². The third kappa shape index (κ3) is 3.37. The fraction of sp³-hybridized carbons (Fsp3) is 0.600. The summed E-state index contributed by atoms with van der Waals surface area (Å²) >= 11 is 0. The van der Waals surface area contributed by atoms with E-state index in [0.29, 0.717) is 37.2 Å². The van der Waals surface area contributed by atoms with E-state index in [1.807, 2.05) is 42.4 Å². The zero-order valence-electron chi connectivity index (χ0n) is 16.7. The van der Waals surface area contributed by atoms with Crippen LogP contribution in [0.1, 0.15) is 49.6 Å². The second-order valence-corrected chi connectivity index (χ2v) is 8.44. The highest BCUT2D eigenvalue weighted by Crippen LogP contribution is 2.35. The standard InChI is InChI=1S/C20H28N6O2/c1-12(2)19(21)20-22-13(3)23-26(20)11-18(28)24-8-14-7-15(10-24)16-5-4-6-17(27)25(16)9-14/h4-6,12,14-15,19H,7-11,21H2,1-3H3/t14-,15+,19-/m0/s1. The topological polar surface area (TPSA) is 99.0 Å². The highest BCUT2D eigenvalue weighted by molar-refractivity contribution is 5.76. The second kappa shape index (κ2) is 7.16. The Bertz CT molecular complexity index is 946. The number of hydrogen-bond acceptors (Lipinski definition) is 5. The SMILES string of the molecule is Cc1nc([C@@H](N)C(C)C)n(CC(=O)N2C[C@@H]3C[C@H](C2)c2cccc(=O)n2C3)n1. The number of pyridine rings is 1. The number of likely N-dealkylation sites (tertiary alicyclic amines) is 1. The fourth-order valence-corrected chi connectivity index (χ4v) is 4.46. The van der Waals surface area contributed by atoms with Crippen LogP contribution in [0.2, 0.25) is 0 Å². The maximum Gasteiger partial charge on any atom is 0.250 e. The largest absolute Gasteiger partial charge is 0.340 e. The third-order valence-corrected chi connectivity index (χ3v) is 5.94. The van der Waals surface area contributed by atoms with Crippen LogP contribution in [0, 0.1) is 18.8 Å². The van der Waals surface area contributed by atoms with E-state index in [1.165, 1.54) is 0 Å². The molecule has 0 unspecified atom stereocenters. The summed E-state index contributed by atoms with van der Waals surface area (Å²) in [5, 5.41) is 4.40. The van der Waals surface area contributed by atoms with Gasteiger partial charge in [-0.2, -0.15) is 5.10 Å². The molecule has 1 amide bonds. The maximum atomic E-state index is 13.1. The summed E-state index contributed by atoms with van der Waals surface area (Å²) in [5.74, 6) is 2.05. The number of fused-ring (bicyclic) bond motifs is 4. The number of piperidine rings is 1. The van der Waals surface area contributed by atoms with Gasteiger partial charge < -0.3 is 15.2 Å². The van der Waals surface area contributed by atoms with Crippen LogP contribution in [0.25, 0.3) is 0 Å². The lowest BCUT2D eigenvalue weighted by Crippen LogP contribution is -2.50. The molecule has 150 valence electrons. The Morgan fingerprint density at radius 3 is 2.82 bits per heavy atom. The van der Waals surface area contributed by atoms with Crippen molar-refractivity contribution in [2.75, 3.05) is 13.1 Å². The molecule has 2 aromatic rings. The quantitative estimate of drug-likeness (QED) is 0.849. The molecule has 8 heteroatoms. The Balaban J connectivity index is 1.53. The molecule has 0 aliphatic carbocycles. The van der Waals surface area contributed by atoms with Crippen molar-refractivity contribution in [3.63, 3.8) is 0 Å². The van der Waals surface area contributed by atoms with E-state index in [1.54, 1.807) is 10.7 Å². The van der Waals surface area contributed by atoms with E-state index in [9.17, 15) is 9.59 Å². The van der Waals surface area contributed by atoms with Gasteiger partial charge in [-0.1, -0.05) is 19.9 Å². The van der Waals surface area contributed by atoms with E-state index in [0.717, 1.165) is 12.1 Å². The van der Waals surface area contributed by atoms with Crippen LogP contribution in [0.5, 0.6) is 0 Å². The molecule has 8 nitrogen and oxygen atoms in total. The van der Waals surface area contributed by atoms with Gasteiger partial charge in [0, 0.05) is 37.3 Å². The first-order valence-electron chi connectivity index (χ1n) is 9.98. The summed E-state index contributed by atoms with van der Waals surface area (Å²) in [5.41, 5.74) is 7.36. The minimum atomic E-state index is -0.256. The number of carbonyl (C=O) groups excluding carboxylic acids is 1. The van der Waals surface area contributed by atoms with E-state index < -0.39 is 0 Å². The van der Waals surface area contributed by atoms with Gasteiger partial charge in [0.2, 0.25) is 5.91 Å². The Labute approximate surface area is 164 Å². The Morgan fingerprint density at radius 2 is 2.07 bits per heavy atom. The first-order chi connectivity index (χ1) is 13.3. The molecule has 0 saturated carbocycles. The van der Waals surface area contributed by atoms with Crippen LogP contribution in [-0.4, -0.2) is 43.2 Å². The summed E-state index contributed by atoms with van der Waals surface area (Å²) < 4.78 is 3.53. The molecule has 2 N–H and O–H groups in total. The highest BCUT2D eigenvalue weighted by Gasteiger charge is 2.36. The van der Waals surface area contributed by atoms with Gasteiger partial charge in [-0.05, 0) is 31.2 Å². The maximum absolute atomic E-state index is 13.1. The Kier molecular flexibility index (Phi) is 4.82. The number of rotatable bonds is 4. The predicted molar refractivity (Wildman–Crippen MR) is 105 cm³/mol. The van der Waals surface area contributed by atoms with Crippen molar-refractivity contribution in [3.8, 4) is 0 Å². The molecule has 2 aromatic heterocycles. The van der Waals surface area contributed by atoms with Crippen LogP contribution in [0.15, 0.2) is 23.0 Å². The number of amides is 1. The first kappa shape index (κ1) is 18.9. The molecular formula is C20H28N6O2.